The number of anilines is 3. The minimum Gasteiger partial charge on any atom is -0.396 e. The normalized spacial score (nSPS) is 11.4. The van der Waals surface area contributed by atoms with E-state index in [9.17, 15) is 22.0 Å². The lowest BCUT2D eigenvalue weighted by atomic mass is 10.3. The molecule has 10 heteroatoms. The zero-order valence-electron chi connectivity index (χ0n) is 12.2. The zero-order valence-corrected chi connectivity index (χ0v) is 12.2. The van der Waals surface area contributed by atoms with Crippen molar-refractivity contribution in [1.29, 1.82) is 0 Å². The molecule has 2 aromatic rings. The predicted molar refractivity (Wildman–Crippen MR) is 76.9 cm³/mol. The van der Waals surface area contributed by atoms with Crippen molar-refractivity contribution in [2.75, 3.05) is 23.8 Å². The van der Waals surface area contributed by atoms with Crippen molar-refractivity contribution in [1.82, 2.24) is 9.97 Å². The van der Waals surface area contributed by atoms with Gasteiger partial charge in [0.1, 0.15) is 23.1 Å². The number of benzene rings is 1. The van der Waals surface area contributed by atoms with Gasteiger partial charge in [-0.25, -0.2) is 13.8 Å². The monoisotopic (exact) mass is 348 g/mol. The molecule has 0 amide bonds. The third kappa shape index (κ3) is 4.51. The van der Waals surface area contributed by atoms with Gasteiger partial charge in [-0.3, -0.25) is 0 Å². The summed E-state index contributed by atoms with van der Waals surface area (Å²) in [6, 6.07) is 3.58. The quantitative estimate of drug-likeness (QED) is 0.552. The van der Waals surface area contributed by atoms with Crippen molar-refractivity contribution in [3.8, 4) is 0 Å². The van der Waals surface area contributed by atoms with Gasteiger partial charge in [0.25, 0.3) is 0 Å². The van der Waals surface area contributed by atoms with Crippen molar-refractivity contribution >= 4 is 17.5 Å². The second-order valence-electron chi connectivity index (χ2n) is 4.69. The number of aromatic nitrogens is 2. The summed E-state index contributed by atoms with van der Waals surface area (Å²) in [6.07, 6.45) is -4.50. The van der Waals surface area contributed by atoms with Crippen molar-refractivity contribution < 1.29 is 27.1 Å². The molecule has 0 saturated heterocycles. The molecule has 0 atom stereocenters. The Morgan fingerprint density at radius 3 is 2.33 bits per heavy atom. The minimum absolute atomic E-state index is 0.130. The zero-order chi connectivity index (χ0) is 17.7. The molecule has 0 bridgehead atoms. The molecule has 0 aliphatic rings. The number of rotatable bonds is 6. The molecular formula is C14H13F5N4O. The molecule has 1 aromatic heterocycles. The Kier molecular flexibility index (Phi) is 5.50. The average molecular weight is 348 g/mol. The molecule has 1 heterocycles. The van der Waals surface area contributed by atoms with Gasteiger partial charge in [0.05, 0.1) is 0 Å². The molecule has 1 aromatic carbocycles. The highest BCUT2D eigenvalue weighted by Crippen LogP contribution is 2.31. The van der Waals surface area contributed by atoms with Crippen LogP contribution in [0.2, 0.25) is 0 Å². The van der Waals surface area contributed by atoms with Crippen LogP contribution in [0.1, 0.15) is 12.1 Å². The number of para-hydroxylation sites is 1. The van der Waals surface area contributed by atoms with E-state index < -0.39 is 35.0 Å². The summed E-state index contributed by atoms with van der Waals surface area (Å²) in [6.45, 7) is -0.0389. The van der Waals surface area contributed by atoms with Crippen LogP contribution in [0, 0.1) is 11.6 Å². The molecule has 5 nitrogen and oxygen atoms in total. The average Bonchev–Trinajstić information content (AvgIpc) is 2.50. The third-order valence-electron chi connectivity index (χ3n) is 2.85. The fourth-order valence-corrected chi connectivity index (χ4v) is 1.76. The number of hydrogen-bond acceptors (Lipinski definition) is 5. The molecule has 0 aliphatic heterocycles. The maximum absolute atomic E-state index is 13.6. The minimum atomic E-state index is -4.76. The maximum Gasteiger partial charge on any atom is 0.433 e. The summed E-state index contributed by atoms with van der Waals surface area (Å²) in [4.78, 5) is 7.05. The number of halogens is 5. The lowest BCUT2D eigenvalue weighted by Crippen LogP contribution is -2.14. The summed E-state index contributed by atoms with van der Waals surface area (Å²) in [7, 11) is 0. The Balaban J connectivity index is 2.35. The van der Waals surface area contributed by atoms with E-state index in [1.165, 1.54) is 0 Å². The molecule has 0 aliphatic carbocycles. The smallest absolute Gasteiger partial charge is 0.396 e. The van der Waals surface area contributed by atoms with Gasteiger partial charge >= 0.3 is 6.18 Å². The molecule has 24 heavy (non-hydrogen) atoms. The van der Waals surface area contributed by atoms with Crippen molar-refractivity contribution in [3.05, 3.63) is 41.6 Å². The van der Waals surface area contributed by atoms with E-state index in [2.05, 4.69) is 20.6 Å². The Bertz CT molecular complexity index is 688. The van der Waals surface area contributed by atoms with Crippen LogP contribution in [0.5, 0.6) is 0 Å². The topological polar surface area (TPSA) is 70.1 Å². The lowest BCUT2D eigenvalue weighted by molar-refractivity contribution is -0.141. The van der Waals surface area contributed by atoms with Crippen LogP contribution >= 0.6 is 0 Å². The Morgan fingerprint density at radius 1 is 1.08 bits per heavy atom. The molecule has 0 fully saturated rings. The molecular weight excluding hydrogens is 335 g/mol. The summed E-state index contributed by atoms with van der Waals surface area (Å²) < 4.78 is 65.9. The van der Waals surface area contributed by atoms with E-state index in [0.29, 0.717) is 6.07 Å². The van der Waals surface area contributed by atoms with Crippen LogP contribution in [0.15, 0.2) is 24.3 Å². The SMILES string of the molecule is OCCCNc1nc(Nc2c(F)cccc2F)cc(C(F)(F)F)n1. The van der Waals surface area contributed by atoms with Crippen molar-refractivity contribution in [2.24, 2.45) is 0 Å². The Labute approximate surface area is 133 Å². The fourth-order valence-electron chi connectivity index (χ4n) is 1.76. The Morgan fingerprint density at radius 2 is 1.75 bits per heavy atom. The van der Waals surface area contributed by atoms with Gasteiger partial charge < -0.3 is 15.7 Å². The van der Waals surface area contributed by atoms with Crippen molar-refractivity contribution in [2.45, 2.75) is 12.6 Å². The van der Waals surface area contributed by atoms with Crippen LogP contribution in [0.4, 0.5) is 39.4 Å². The lowest BCUT2D eigenvalue weighted by Gasteiger charge is -2.13. The molecule has 0 unspecified atom stereocenters. The number of aliphatic hydroxyl groups excluding tert-OH is 1. The van der Waals surface area contributed by atoms with Gasteiger partial charge in [-0.2, -0.15) is 18.2 Å². The van der Waals surface area contributed by atoms with E-state index in [0.717, 1.165) is 18.2 Å². The van der Waals surface area contributed by atoms with Gasteiger partial charge in [-0.05, 0) is 18.6 Å². The number of alkyl halides is 3. The third-order valence-corrected chi connectivity index (χ3v) is 2.85. The van der Waals surface area contributed by atoms with Crippen LogP contribution in [0.3, 0.4) is 0 Å². The van der Waals surface area contributed by atoms with E-state index in [1.807, 2.05) is 0 Å². The highest BCUT2D eigenvalue weighted by molar-refractivity contribution is 5.59. The van der Waals surface area contributed by atoms with Crippen LogP contribution in [-0.4, -0.2) is 28.2 Å². The summed E-state index contributed by atoms with van der Waals surface area (Å²) in [5, 5.41) is 13.4. The molecule has 0 spiro atoms. The fraction of sp³-hybridized carbons (Fsp3) is 0.286. The summed E-state index contributed by atoms with van der Waals surface area (Å²) in [5.41, 5.74) is -1.89. The van der Waals surface area contributed by atoms with E-state index >= 15 is 0 Å². The Hall–Kier alpha value is -2.49. The van der Waals surface area contributed by atoms with Crippen LogP contribution in [0.25, 0.3) is 0 Å². The van der Waals surface area contributed by atoms with Crippen LogP contribution in [-0.2, 0) is 6.18 Å². The van der Waals surface area contributed by atoms with Gasteiger partial charge in [0.15, 0.2) is 5.69 Å². The molecule has 0 radical (unpaired) electrons. The first-order chi connectivity index (χ1) is 11.3. The number of nitrogens with zero attached hydrogens (tertiary/aromatic N) is 2. The maximum atomic E-state index is 13.6. The summed E-state index contributed by atoms with van der Waals surface area (Å²) >= 11 is 0. The van der Waals surface area contributed by atoms with Gasteiger partial charge in [0, 0.05) is 19.2 Å². The van der Waals surface area contributed by atoms with E-state index in [-0.39, 0.29) is 25.5 Å². The van der Waals surface area contributed by atoms with E-state index in [1.54, 1.807) is 0 Å². The van der Waals surface area contributed by atoms with E-state index in [4.69, 9.17) is 5.11 Å². The van der Waals surface area contributed by atoms with Crippen LogP contribution < -0.4 is 10.6 Å². The number of aliphatic hydroxyl groups is 1. The first kappa shape index (κ1) is 17.9. The highest BCUT2D eigenvalue weighted by Gasteiger charge is 2.34. The van der Waals surface area contributed by atoms with Gasteiger partial charge in [-0.15, -0.1) is 0 Å². The first-order valence-corrected chi connectivity index (χ1v) is 6.83. The highest BCUT2D eigenvalue weighted by atomic mass is 19.4. The number of nitrogens with one attached hydrogen (secondary N) is 2. The molecule has 2 rings (SSSR count). The number of hydrogen-bond donors (Lipinski definition) is 3. The van der Waals surface area contributed by atoms with Gasteiger partial charge in [0.2, 0.25) is 5.95 Å². The first-order valence-electron chi connectivity index (χ1n) is 6.83. The second kappa shape index (κ2) is 7.39. The standard InChI is InChI=1S/C14H13F5N4O/c15-8-3-1-4-9(16)12(8)22-11-7-10(14(17,18)19)21-13(23-11)20-5-2-6-24/h1,3-4,7,24H,2,5-6H2,(H2,20,21,22,23). The largest absolute Gasteiger partial charge is 0.433 e. The molecule has 130 valence electrons. The summed E-state index contributed by atoms with van der Waals surface area (Å²) in [5.74, 6) is -2.75. The second-order valence-corrected chi connectivity index (χ2v) is 4.69. The van der Waals surface area contributed by atoms with Gasteiger partial charge in [-0.1, -0.05) is 6.07 Å². The van der Waals surface area contributed by atoms with Crippen molar-refractivity contribution in [3.63, 3.8) is 0 Å². The predicted octanol–water partition coefficient (Wildman–Crippen LogP) is 3.31. The molecule has 0 saturated carbocycles. The molecule has 3 N–H and O–H groups in total.